The summed E-state index contributed by atoms with van der Waals surface area (Å²) in [5.41, 5.74) is 0. The Balaban J connectivity index is 4.17. The number of hydrogen-bond donors (Lipinski definition) is 0. The van der Waals surface area contributed by atoms with Crippen molar-refractivity contribution in [1.82, 2.24) is 0 Å². The van der Waals surface area contributed by atoms with Gasteiger partial charge in [0.25, 0.3) is 7.82 Å². The largest absolute Gasteiger partial charge is 0.756 e. The number of carbonyl (C=O) groups excluding carboxylic acids is 1. The normalized spacial score (nSPS) is 14.1. The Morgan fingerprint density at radius 2 is 0.892 bits per heavy atom. The first-order valence-electron chi connectivity index (χ1n) is 26.7. The van der Waals surface area contributed by atoms with E-state index in [1.54, 1.807) is 0 Å². The van der Waals surface area contributed by atoms with Crippen molar-refractivity contribution >= 4 is 13.8 Å². The van der Waals surface area contributed by atoms with Crippen molar-refractivity contribution < 1.29 is 37.3 Å². The highest BCUT2D eigenvalue weighted by atomic mass is 31.2. The van der Waals surface area contributed by atoms with Crippen LogP contribution >= 0.6 is 7.82 Å². The molecule has 0 N–H and O–H groups in total. The fraction of sp³-hybridized carbons (Fsp3) is 0.768. The van der Waals surface area contributed by atoms with Crippen LogP contribution in [0.4, 0.5) is 0 Å². The molecule has 8 nitrogen and oxygen atoms in total. The van der Waals surface area contributed by atoms with E-state index in [9.17, 15) is 14.3 Å². The van der Waals surface area contributed by atoms with E-state index >= 15 is 0 Å². The van der Waals surface area contributed by atoms with E-state index in [4.69, 9.17) is 18.5 Å². The summed E-state index contributed by atoms with van der Waals surface area (Å²) in [6, 6.07) is 0. The van der Waals surface area contributed by atoms with Gasteiger partial charge >= 0.3 is 5.97 Å². The van der Waals surface area contributed by atoms with Crippen LogP contribution in [0.15, 0.2) is 72.9 Å². The van der Waals surface area contributed by atoms with Crippen molar-refractivity contribution in [2.24, 2.45) is 0 Å². The Morgan fingerprint density at radius 1 is 0.492 bits per heavy atom. The maximum absolute atomic E-state index is 12.8. The van der Waals surface area contributed by atoms with Gasteiger partial charge in [-0.3, -0.25) is 9.36 Å². The highest BCUT2D eigenvalue weighted by molar-refractivity contribution is 7.45. The summed E-state index contributed by atoms with van der Waals surface area (Å²) in [4.78, 5) is 25.2. The van der Waals surface area contributed by atoms with E-state index in [1.807, 2.05) is 21.1 Å². The zero-order chi connectivity index (χ0) is 47.6. The zero-order valence-corrected chi connectivity index (χ0v) is 43.8. The lowest BCUT2D eigenvalue weighted by Crippen LogP contribution is -2.37. The smallest absolute Gasteiger partial charge is 0.306 e. The summed E-state index contributed by atoms with van der Waals surface area (Å²) in [5.74, 6) is -0.345. The van der Waals surface area contributed by atoms with Crippen LogP contribution in [-0.4, -0.2) is 70.7 Å². The third-order valence-corrected chi connectivity index (χ3v) is 12.2. The van der Waals surface area contributed by atoms with Crippen molar-refractivity contribution in [2.45, 2.75) is 225 Å². The third kappa shape index (κ3) is 52.8. The van der Waals surface area contributed by atoms with Crippen LogP contribution in [-0.2, 0) is 27.9 Å². The lowest BCUT2D eigenvalue weighted by atomic mass is 10.0. The Hall–Kier alpha value is -2.06. The number of rotatable bonds is 49. The lowest BCUT2D eigenvalue weighted by molar-refractivity contribution is -0.870. The number of quaternary nitrogens is 1. The Morgan fingerprint density at radius 3 is 1.35 bits per heavy atom. The number of hydrogen-bond acceptors (Lipinski definition) is 7. The highest BCUT2D eigenvalue weighted by Gasteiger charge is 2.20. The maximum Gasteiger partial charge on any atom is 0.306 e. The van der Waals surface area contributed by atoms with Gasteiger partial charge in [0.05, 0.1) is 34.4 Å². The molecule has 0 saturated heterocycles. The Bertz CT molecular complexity index is 1270. The molecule has 0 aromatic carbocycles. The standard InChI is InChI=1S/C56H102NO7P/c1-6-8-10-12-14-16-18-20-22-24-26-28-29-30-31-33-35-37-39-41-43-45-47-49-56(58)64-55(54-63-65(59,60)62-52-50-57(3,4)5)53-61-51-48-46-44-42-40-38-36-34-32-27-25-23-21-19-17-15-13-11-9-7-2/h9,11,15,17,21,23-24,26-27,32,36,38,55H,6-8,10,12-14,16,18-20,22,25,28-31,33-35,37,39-54H2,1-5H3/b11-9-,17-15-,23-21-,26-24-,32-27-,38-36-. The van der Waals surface area contributed by atoms with Crippen LogP contribution in [0.1, 0.15) is 219 Å². The van der Waals surface area contributed by atoms with Gasteiger partial charge in [0, 0.05) is 13.0 Å². The van der Waals surface area contributed by atoms with Crippen LogP contribution in [0, 0.1) is 0 Å². The van der Waals surface area contributed by atoms with Gasteiger partial charge in [0.1, 0.15) is 19.3 Å². The van der Waals surface area contributed by atoms with E-state index in [0.29, 0.717) is 24.1 Å². The molecule has 65 heavy (non-hydrogen) atoms. The number of allylic oxidation sites excluding steroid dienone is 12. The molecule has 0 rings (SSSR count). The molecule has 0 fully saturated rings. The van der Waals surface area contributed by atoms with Crippen LogP contribution in [0.25, 0.3) is 0 Å². The fourth-order valence-corrected chi connectivity index (χ4v) is 7.89. The van der Waals surface area contributed by atoms with Gasteiger partial charge in [-0.1, -0.05) is 202 Å². The maximum atomic E-state index is 12.8. The molecular formula is C56H102NO7P. The predicted octanol–water partition coefficient (Wildman–Crippen LogP) is 16.0. The lowest BCUT2D eigenvalue weighted by Gasteiger charge is -2.28. The number of ether oxygens (including phenoxy) is 2. The van der Waals surface area contributed by atoms with Crippen molar-refractivity contribution in [3.8, 4) is 0 Å². The SMILES string of the molecule is CC/C=C\C/C=C\C/C=C\C/C=C\C/C=C\CCCCCCOCC(COP(=O)([O-])OCC[N+](C)(C)C)OC(=O)CCCCCCCCCCCCC/C=C\CCCCCCCCCC. The van der Waals surface area contributed by atoms with E-state index in [-0.39, 0.29) is 25.8 Å². The number of phosphoric ester groups is 1. The Labute approximate surface area is 402 Å². The molecule has 0 aromatic heterocycles. The van der Waals surface area contributed by atoms with Crippen molar-refractivity contribution in [3.05, 3.63) is 72.9 Å². The molecule has 0 spiro atoms. The number of carbonyl (C=O) groups is 1. The zero-order valence-electron chi connectivity index (χ0n) is 42.9. The number of esters is 1. The van der Waals surface area contributed by atoms with Crippen molar-refractivity contribution in [1.29, 1.82) is 0 Å². The van der Waals surface area contributed by atoms with Gasteiger partial charge in [-0.15, -0.1) is 0 Å². The first kappa shape index (κ1) is 62.9. The molecule has 0 saturated carbocycles. The molecule has 0 aliphatic carbocycles. The second-order valence-corrected chi connectivity index (χ2v) is 20.3. The minimum absolute atomic E-state index is 0.0177. The van der Waals surface area contributed by atoms with E-state index < -0.39 is 13.9 Å². The van der Waals surface area contributed by atoms with Crippen LogP contribution in [0.5, 0.6) is 0 Å². The second kappa shape index (κ2) is 48.4. The molecule has 0 amide bonds. The van der Waals surface area contributed by atoms with Gasteiger partial charge in [0.2, 0.25) is 0 Å². The highest BCUT2D eigenvalue weighted by Crippen LogP contribution is 2.38. The number of unbranched alkanes of at least 4 members (excludes halogenated alkanes) is 23. The number of phosphoric acid groups is 1. The van der Waals surface area contributed by atoms with Crippen molar-refractivity contribution in [3.63, 3.8) is 0 Å². The fourth-order valence-electron chi connectivity index (χ4n) is 7.16. The van der Waals surface area contributed by atoms with Gasteiger partial charge in [-0.05, 0) is 83.5 Å². The third-order valence-electron chi connectivity index (χ3n) is 11.2. The summed E-state index contributed by atoms with van der Waals surface area (Å²) in [6.45, 7) is 5.25. The van der Waals surface area contributed by atoms with Crippen molar-refractivity contribution in [2.75, 3.05) is 54.1 Å². The summed E-state index contributed by atoms with van der Waals surface area (Å²) in [5, 5.41) is 0. The predicted molar refractivity (Wildman–Crippen MR) is 277 cm³/mol. The topological polar surface area (TPSA) is 94.1 Å². The molecule has 9 heteroatoms. The number of likely N-dealkylation sites (N-methyl/N-ethyl adjacent to an activating group) is 1. The summed E-state index contributed by atoms with van der Waals surface area (Å²) < 4.78 is 34.7. The molecule has 0 aliphatic heterocycles. The number of nitrogens with zero attached hydrogens (tertiary/aromatic N) is 1. The summed E-state index contributed by atoms with van der Waals surface area (Å²) in [6.07, 6.45) is 63.6. The van der Waals surface area contributed by atoms with Gasteiger partial charge in [-0.2, -0.15) is 0 Å². The monoisotopic (exact) mass is 932 g/mol. The van der Waals surface area contributed by atoms with Gasteiger partial charge in [0.15, 0.2) is 0 Å². The van der Waals surface area contributed by atoms with E-state index in [2.05, 4.69) is 86.8 Å². The average Bonchev–Trinajstić information content (AvgIpc) is 3.27. The first-order chi connectivity index (χ1) is 31.6. The van der Waals surface area contributed by atoms with Gasteiger partial charge < -0.3 is 27.9 Å². The van der Waals surface area contributed by atoms with Crippen LogP contribution in [0.2, 0.25) is 0 Å². The van der Waals surface area contributed by atoms with Crippen LogP contribution < -0.4 is 4.89 Å². The molecule has 0 aromatic rings. The molecular weight excluding hydrogens is 830 g/mol. The van der Waals surface area contributed by atoms with E-state index in [1.165, 1.54) is 116 Å². The molecule has 0 heterocycles. The molecule has 378 valence electrons. The Kier molecular flexibility index (Phi) is 46.9. The summed E-state index contributed by atoms with van der Waals surface area (Å²) >= 11 is 0. The summed E-state index contributed by atoms with van der Waals surface area (Å²) in [7, 11) is 1.33. The molecule has 2 atom stereocenters. The molecule has 2 unspecified atom stereocenters. The van der Waals surface area contributed by atoms with Gasteiger partial charge in [-0.25, -0.2) is 0 Å². The molecule has 0 radical (unpaired) electrons. The van der Waals surface area contributed by atoms with Crippen LogP contribution in [0.3, 0.4) is 0 Å². The molecule has 0 bridgehead atoms. The minimum atomic E-state index is -4.54. The first-order valence-corrected chi connectivity index (χ1v) is 28.1. The molecule has 0 aliphatic rings. The van der Waals surface area contributed by atoms with E-state index in [0.717, 1.165) is 83.5 Å². The quantitative estimate of drug-likeness (QED) is 0.0197. The average molecular weight is 932 g/mol. The second-order valence-electron chi connectivity index (χ2n) is 18.9. The minimum Gasteiger partial charge on any atom is -0.756 e.